The summed E-state index contributed by atoms with van der Waals surface area (Å²) in [6.45, 7) is 0. The minimum absolute atomic E-state index is 0.0782. The highest BCUT2D eigenvalue weighted by molar-refractivity contribution is 6.18. The molecule has 82 valence electrons. The number of hydrogen-bond acceptors (Lipinski definition) is 3. The minimum atomic E-state index is -1.05. The third-order valence-corrected chi connectivity index (χ3v) is 2.27. The topological polar surface area (TPSA) is 55.8 Å². The molecule has 0 fully saturated rings. The van der Waals surface area contributed by atoms with Crippen LogP contribution in [0.4, 0.5) is 0 Å². The number of aromatic carboxylic acids is 1. The van der Waals surface area contributed by atoms with Gasteiger partial charge in [0.2, 0.25) is 0 Å². The molecule has 0 unspecified atom stereocenters. The van der Waals surface area contributed by atoms with Crippen LogP contribution in [0.25, 0.3) is 0 Å². The Morgan fingerprint density at radius 1 is 1.40 bits per heavy atom. The zero-order chi connectivity index (χ0) is 11.4. The fourth-order valence-electron chi connectivity index (χ4n) is 1.25. The summed E-state index contributed by atoms with van der Waals surface area (Å²) in [5.74, 6) is -0.128. The first-order chi connectivity index (χ1) is 7.13. The maximum Gasteiger partial charge on any atom is 0.336 e. The smallest absolute Gasteiger partial charge is 0.336 e. The number of hydrogen-bond donors (Lipinski definition) is 1. The van der Waals surface area contributed by atoms with Crippen molar-refractivity contribution < 1.29 is 19.4 Å². The Balaban J connectivity index is 3.39. The molecule has 0 spiro atoms. The zero-order valence-electron chi connectivity index (χ0n) is 8.41. The van der Waals surface area contributed by atoms with E-state index < -0.39 is 5.97 Å². The molecule has 0 heterocycles. The van der Waals surface area contributed by atoms with Crippen molar-refractivity contribution >= 4 is 17.6 Å². The van der Waals surface area contributed by atoms with Crippen LogP contribution in [0.5, 0.6) is 11.5 Å². The molecule has 0 amide bonds. The SMILES string of the molecule is COc1cc(OC)c(CCl)c(C(=O)O)c1. The van der Waals surface area contributed by atoms with Crippen LogP contribution in [-0.4, -0.2) is 25.3 Å². The van der Waals surface area contributed by atoms with Crippen LogP contribution in [0.2, 0.25) is 0 Å². The summed E-state index contributed by atoms with van der Waals surface area (Å²) < 4.78 is 10.0. The molecule has 0 aromatic heterocycles. The van der Waals surface area contributed by atoms with E-state index >= 15 is 0 Å². The minimum Gasteiger partial charge on any atom is -0.497 e. The van der Waals surface area contributed by atoms with E-state index in [-0.39, 0.29) is 11.4 Å². The zero-order valence-corrected chi connectivity index (χ0v) is 9.17. The van der Waals surface area contributed by atoms with Gasteiger partial charge in [0, 0.05) is 11.6 Å². The maximum absolute atomic E-state index is 10.9. The lowest BCUT2D eigenvalue weighted by atomic mass is 10.1. The van der Waals surface area contributed by atoms with E-state index in [0.717, 1.165) is 0 Å². The molecule has 0 aliphatic heterocycles. The molecular formula is C10H11ClO4. The highest BCUT2D eigenvalue weighted by atomic mass is 35.5. The lowest BCUT2D eigenvalue weighted by molar-refractivity contribution is 0.0695. The third-order valence-electron chi connectivity index (χ3n) is 2.00. The molecule has 1 aromatic rings. The number of rotatable bonds is 4. The van der Waals surface area contributed by atoms with E-state index in [2.05, 4.69) is 0 Å². The average Bonchev–Trinajstić information content (AvgIpc) is 2.26. The second-order valence-electron chi connectivity index (χ2n) is 2.79. The second-order valence-corrected chi connectivity index (χ2v) is 3.06. The van der Waals surface area contributed by atoms with Crippen LogP contribution in [-0.2, 0) is 5.88 Å². The van der Waals surface area contributed by atoms with Gasteiger partial charge in [0.05, 0.1) is 25.7 Å². The molecule has 0 aliphatic rings. The lowest BCUT2D eigenvalue weighted by Gasteiger charge is -2.11. The number of carboxylic acid groups (broad SMARTS) is 1. The molecule has 1 rings (SSSR count). The van der Waals surface area contributed by atoms with Crippen LogP contribution in [0, 0.1) is 0 Å². The van der Waals surface area contributed by atoms with Gasteiger partial charge in [0.1, 0.15) is 11.5 Å². The molecule has 0 bridgehead atoms. The van der Waals surface area contributed by atoms with Crippen LogP contribution >= 0.6 is 11.6 Å². The number of benzene rings is 1. The van der Waals surface area contributed by atoms with Crippen molar-refractivity contribution in [2.24, 2.45) is 0 Å². The highest BCUT2D eigenvalue weighted by Crippen LogP contribution is 2.30. The Bertz CT molecular complexity index is 376. The molecule has 0 radical (unpaired) electrons. The number of carboxylic acids is 1. The van der Waals surface area contributed by atoms with Gasteiger partial charge in [-0.25, -0.2) is 4.79 Å². The summed E-state index contributed by atoms with van der Waals surface area (Å²) in [6.07, 6.45) is 0. The number of alkyl halides is 1. The van der Waals surface area contributed by atoms with Gasteiger partial charge in [-0.15, -0.1) is 11.6 Å². The molecule has 1 aromatic carbocycles. The first-order valence-corrected chi connectivity index (χ1v) is 4.71. The first kappa shape index (κ1) is 11.7. The van der Waals surface area contributed by atoms with Gasteiger partial charge in [0.15, 0.2) is 0 Å². The van der Waals surface area contributed by atoms with Crippen molar-refractivity contribution in [1.29, 1.82) is 0 Å². The normalized spacial score (nSPS) is 9.80. The van der Waals surface area contributed by atoms with Crippen LogP contribution < -0.4 is 9.47 Å². The van der Waals surface area contributed by atoms with Crippen LogP contribution in [0.15, 0.2) is 12.1 Å². The molecule has 15 heavy (non-hydrogen) atoms. The van der Waals surface area contributed by atoms with Gasteiger partial charge in [-0.2, -0.15) is 0 Å². The van der Waals surface area contributed by atoms with E-state index in [4.69, 9.17) is 26.2 Å². The molecule has 0 saturated carbocycles. The van der Waals surface area contributed by atoms with E-state index in [1.165, 1.54) is 20.3 Å². The molecule has 0 saturated heterocycles. The van der Waals surface area contributed by atoms with E-state index in [0.29, 0.717) is 17.1 Å². The Morgan fingerprint density at radius 2 is 2.07 bits per heavy atom. The van der Waals surface area contributed by atoms with Crippen molar-refractivity contribution in [1.82, 2.24) is 0 Å². The molecule has 4 nitrogen and oxygen atoms in total. The van der Waals surface area contributed by atoms with Crippen LogP contribution in [0.1, 0.15) is 15.9 Å². The Hall–Kier alpha value is -1.42. The van der Waals surface area contributed by atoms with Crippen molar-refractivity contribution in [3.63, 3.8) is 0 Å². The van der Waals surface area contributed by atoms with E-state index in [9.17, 15) is 4.79 Å². The van der Waals surface area contributed by atoms with Crippen LogP contribution in [0.3, 0.4) is 0 Å². The summed E-state index contributed by atoms with van der Waals surface area (Å²) in [5, 5.41) is 8.97. The predicted octanol–water partition coefficient (Wildman–Crippen LogP) is 2.14. The number of ether oxygens (including phenoxy) is 2. The van der Waals surface area contributed by atoms with E-state index in [1.54, 1.807) is 6.07 Å². The Kier molecular flexibility index (Phi) is 3.80. The highest BCUT2D eigenvalue weighted by Gasteiger charge is 2.16. The van der Waals surface area contributed by atoms with Crippen molar-refractivity contribution in [2.75, 3.05) is 14.2 Å². The molecule has 0 aliphatic carbocycles. The van der Waals surface area contributed by atoms with Crippen molar-refractivity contribution in [2.45, 2.75) is 5.88 Å². The predicted molar refractivity (Wildman–Crippen MR) is 56.1 cm³/mol. The Labute approximate surface area is 92.4 Å². The second kappa shape index (κ2) is 4.89. The van der Waals surface area contributed by atoms with Gasteiger partial charge < -0.3 is 14.6 Å². The number of halogens is 1. The number of carbonyl (C=O) groups is 1. The van der Waals surface area contributed by atoms with Crippen molar-refractivity contribution in [3.05, 3.63) is 23.3 Å². The van der Waals surface area contributed by atoms with Gasteiger partial charge in [-0.1, -0.05) is 0 Å². The fraction of sp³-hybridized carbons (Fsp3) is 0.300. The summed E-state index contributed by atoms with van der Waals surface area (Å²) in [4.78, 5) is 10.9. The van der Waals surface area contributed by atoms with Gasteiger partial charge in [-0.05, 0) is 6.07 Å². The summed E-state index contributed by atoms with van der Waals surface area (Å²) in [6, 6.07) is 3.02. The molecule has 1 N–H and O–H groups in total. The molecular weight excluding hydrogens is 220 g/mol. The summed E-state index contributed by atoms with van der Waals surface area (Å²) >= 11 is 5.67. The molecule has 5 heteroatoms. The fourth-order valence-corrected chi connectivity index (χ4v) is 1.52. The van der Waals surface area contributed by atoms with E-state index in [1.807, 2.05) is 0 Å². The summed E-state index contributed by atoms with van der Waals surface area (Å²) in [5.41, 5.74) is 0.550. The van der Waals surface area contributed by atoms with Crippen molar-refractivity contribution in [3.8, 4) is 11.5 Å². The molecule has 0 atom stereocenters. The lowest BCUT2D eigenvalue weighted by Crippen LogP contribution is -2.04. The largest absolute Gasteiger partial charge is 0.497 e. The standard InChI is InChI=1S/C10H11ClO4/c1-14-6-3-7(10(12)13)8(5-11)9(4-6)15-2/h3-4H,5H2,1-2H3,(H,12,13). The monoisotopic (exact) mass is 230 g/mol. The van der Waals surface area contributed by atoms with Gasteiger partial charge in [-0.3, -0.25) is 0 Å². The summed E-state index contributed by atoms with van der Waals surface area (Å²) in [7, 11) is 2.91. The number of methoxy groups -OCH3 is 2. The van der Waals surface area contributed by atoms with Gasteiger partial charge in [0.25, 0.3) is 0 Å². The quantitative estimate of drug-likeness (QED) is 0.806. The maximum atomic E-state index is 10.9. The third kappa shape index (κ3) is 2.33. The van der Waals surface area contributed by atoms with Gasteiger partial charge >= 0.3 is 5.97 Å². The first-order valence-electron chi connectivity index (χ1n) is 4.18. The average molecular weight is 231 g/mol. The Morgan fingerprint density at radius 3 is 2.47 bits per heavy atom.